The zero-order valence-electron chi connectivity index (χ0n) is 9.10. The monoisotopic (exact) mass is 236 g/mol. The average Bonchev–Trinajstić information content (AvgIpc) is 2.19. The van der Waals surface area contributed by atoms with E-state index in [2.05, 4.69) is 11.5 Å². The topological polar surface area (TPSA) is 161 Å². The standard InChI is InChI=1S/2C3H6O2.C2H4N2O2/c2*1-2-3(4)5;3-1(5)2(4)6/h2*2H2,1H3,(H,4,5);(H2,3,5)(H2,4,6). The normalized spacial score (nSPS) is 7.38. The summed E-state index contributed by atoms with van der Waals surface area (Å²) in [7, 11) is 0. The minimum absolute atomic E-state index is 0.222. The van der Waals surface area contributed by atoms with Crippen LogP contribution in [0.3, 0.4) is 0 Å². The third kappa shape index (κ3) is 40.7. The second-order valence-electron chi connectivity index (χ2n) is 2.22. The van der Waals surface area contributed by atoms with Gasteiger partial charge in [-0.1, -0.05) is 13.8 Å². The van der Waals surface area contributed by atoms with Crippen molar-refractivity contribution in [2.45, 2.75) is 26.7 Å². The first-order valence-corrected chi connectivity index (χ1v) is 4.21. The Labute approximate surface area is 92.2 Å². The molecular formula is C8H16N2O6. The fraction of sp³-hybridized carbons (Fsp3) is 0.500. The van der Waals surface area contributed by atoms with Gasteiger partial charge in [-0.25, -0.2) is 0 Å². The van der Waals surface area contributed by atoms with Crippen LogP contribution in [0.25, 0.3) is 0 Å². The Morgan fingerprint density at radius 3 is 0.938 bits per heavy atom. The van der Waals surface area contributed by atoms with Crippen molar-refractivity contribution in [3.63, 3.8) is 0 Å². The quantitative estimate of drug-likeness (QED) is 0.446. The van der Waals surface area contributed by atoms with E-state index in [1.165, 1.54) is 0 Å². The van der Waals surface area contributed by atoms with Crippen LogP contribution in [0, 0.1) is 0 Å². The maximum atomic E-state index is 9.45. The van der Waals surface area contributed by atoms with E-state index >= 15 is 0 Å². The molecule has 16 heavy (non-hydrogen) atoms. The number of primary amides is 2. The molecule has 0 saturated heterocycles. The summed E-state index contributed by atoms with van der Waals surface area (Å²) in [6.07, 6.45) is 0.444. The zero-order valence-corrected chi connectivity index (χ0v) is 9.10. The number of hydrogen-bond acceptors (Lipinski definition) is 4. The summed E-state index contributed by atoms with van der Waals surface area (Å²) >= 11 is 0. The molecule has 0 rings (SSSR count). The fourth-order valence-corrected chi connectivity index (χ4v) is 0. The number of amides is 2. The van der Waals surface area contributed by atoms with Crippen LogP contribution in [-0.4, -0.2) is 34.0 Å². The molecule has 2 amide bonds. The molecule has 0 fully saturated rings. The van der Waals surface area contributed by atoms with Gasteiger partial charge in [0.25, 0.3) is 0 Å². The maximum absolute atomic E-state index is 9.45. The lowest BCUT2D eigenvalue weighted by atomic mass is 10.5. The van der Waals surface area contributed by atoms with Crippen molar-refractivity contribution in [2.24, 2.45) is 11.5 Å². The summed E-state index contributed by atoms with van der Waals surface area (Å²) < 4.78 is 0. The molecule has 0 heterocycles. The van der Waals surface area contributed by atoms with Crippen molar-refractivity contribution < 1.29 is 29.4 Å². The Balaban J connectivity index is -0.000000160. The molecule has 6 N–H and O–H groups in total. The van der Waals surface area contributed by atoms with E-state index in [9.17, 15) is 19.2 Å². The average molecular weight is 236 g/mol. The largest absolute Gasteiger partial charge is 0.481 e. The van der Waals surface area contributed by atoms with Crippen molar-refractivity contribution >= 4 is 23.8 Å². The minimum Gasteiger partial charge on any atom is -0.481 e. The highest BCUT2D eigenvalue weighted by molar-refractivity contribution is 6.33. The summed E-state index contributed by atoms with van der Waals surface area (Å²) in [5.74, 6) is -3.69. The first kappa shape index (κ1) is 19.5. The van der Waals surface area contributed by atoms with Gasteiger partial charge in [0, 0.05) is 12.8 Å². The number of nitrogens with two attached hydrogens (primary N) is 2. The zero-order chi connectivity index (χ0) is 13.7. The van der Waals surface area contributed by atoms with E-state index in [1.54, 1.807) is 13.8 Å². The van der Waals surface area contributed by atoms with Gasteiger partial charge < -0.3 is 21.7 Å². The van der Waals surface area contributed by atoms with E-state index in [-0.39, 0.29) is 12.8 Å². The third-order valence-electron chi connectivity index (χ3n) is 0.848. The summed E-state index contributed by atoms with van der Waals surface area (Å²) in [6.45, 7) is 3.20. The van der Waals surface area contributed by atoms with E-state index in [4.69, 9.17) is 10.2 Å². The minimum atomic E-state index is -1.10. The number of aliphatic carboxylic acids is 2. The molecule has 0 aliphatic heterocycles. The fourth-order valence-electron chi connectivity index (χ4n) is 0. The van der Waals surface area contributed by atoms with Gasteiger partial charge in [-0.3, -0.25) is 19.2 Å². The van der Waals surface area contributed by atoms with Crippen molar-refractivity contribution in [3.05, 3.63) is 0 Å². The molecule has 0 radical (unpaired) electrons. The van der Waals surface area contributed by atoms with E-state index in [0.717, 1.165) is 0 Å². The molecular weight excluding hydrogens is 220 g/mol. The number of carbonyl (C=O) groups is 4. The van der Waals surface area contributed by atoms with Crippen LogP contribution >= 0.6 is 0 Å². The number of rotatable bonds is 2. The molecule has 0 saturated carbocycles. The SMILES string of the molecule is CCC(=O)O.CCC(=O)O.NC(=O)C(N)=O. The van der Waals surface area contributed by atoms with Gasteiger partial charge in [0.1, 0.15) is 0 Å². The van der Waals surface area contributed by atoms with E-state index in [1.807, 2.05) is 0 Å². The Morgan fingerprint density at radius 2 is 0.938 bits per heavy atom. The third-order valence-corrected chi connectivity index (χ3v) is 0.848. The lowest BCUT2D eigenvalue weighted by molar-refractivity contribution is -0.137. The molecule has 0 aliphatic rings. The predicted molar refractivity (Wildman–Crippen MR) is 54.2 cm³/mol. The predicted octanol–water partition coefficient (Wildman–Crippen LogP) is -1.08. The van der Waals surface area contributed by atoms with E-state index in [0.29, 0.717) is 0 Å². The number of carboxylic acids is 2. The summed E-state index contributed by atoms with van der Waals surface area (Å²) in [6, 6.07) is 0. The Hall–Kier alpha value is -2.12. The van der Waals surface area contributed by atoms with Crippen molar-refractivity contribution in [2.75, 3.05) is 0 Å². The Kier molecular flexibility index (Phi) is 15.7. The van der Waals surface area contributed by atoms with Crippen molar-refractivity contribution in [1.82, 2.24) is 0 Å². The lowest BCUT2D eigenvalue weighted by Gasteiger charge is -1.75. The molecule has 0 unspecified atom stereocenters. The molecule has 0 aromatic rings. The molecule has 8 nitrogen and oxygen atoms in total. The van der Waals surface area contributed by atoms with Crippen LogP contribution < -0.4 is 11.5 Å². The second-order valence-corrected chi connectivity index (χ2v) is 2.22. The molecule has 94 valence electrons. The number of carboxylic acid groups (broad SMARTS) is 2. The van der Waals surface area contributed by atoms with Gasteiger partial charge in [0.15, 0.2) is 0 Å². The van der Waals surface area contributed by atoms with Crippen LogP contribution in [0.1, 0.15) is 26.7 Å². The van der Waals surface area contributed by atoms with E-state index < -0.39 is 23.8 Å². The molecule has 0 aliphatic carbocycles. The van der Waals surface area contributed by atoms with Gasteiger partial charge in [0.2, 0.25) is 0 Å². The van der Waals surface area contributed by atoms with Gasteiger partial charge in [0.05, 0.1) is 0 Å². The van der Waals surface area contributed by atoms with Crippen molar-refractivity contribution in [1.29, 1.82) is 0 Å². The van der Waals surface area contributed by atoms with Crippen LogP contribution in [-0.2, 0) is 19.2 Å². The van der Waals surface area contributed by atoms with Crippen LogP contribution in [0.5, 0.6) is 0 Å². The Morgan fingerprint density at radius 1 is 0.812 bits per heavy atom. The molecule has 0 atom stereocenters. The van der Waals surface area contributed by atoms with Gasteiger partial charge in [-0.2, -0.15) is 0 Å². The number of carbonyl (C=O) groups excluding carboxylic acids is 2. The van der Waals surface area contributed by atoms with Crippen molar-refractivity contribution in [3.8, 4) is 0 Å². The molecule has 0 spiro atoms. The molecule has 0 bridgehead atoms. The maximum Gasteiger partial charge on any atom is 0.306 e. The summed E-state index contributed by atoms with van der Waals surface area (Å²) in [5.41, 5.74) is 8.64. The second kappa shape index (κ2) is 12.9. The first-order valence-electron chi connectivity index (χ1n) is 4.21. The molecule has 0 aromatic heterocycles. The van der Waals surface area contributed by atoms with Crippen LogP contribution in [0.2, 0.25) is 0 Å². The summed E-state index contributed by atoms with van der Waals surface area (Å²) in [5, 5.41) is 15.4. The molecule has 8 heteroatoms. The highest BCUT2D eigenvalue weighted by Crippen LogP contribution is 1.67. The Bertz CT molecular complexity index is 225. The van der Waals surface area contributed by atoms with Crippen LogP contribution in [0.4, 0.5) is 0 Å². The first-order chi connectivity index (χ1) is 7.18. The highest BCUT2D eigenvalue weighted by Gasteiger charge is 1.96. The van der Waals surface area contributed by atoms with Gasteiger partial charge >= 0.3 is 23.8 Å². The van der Waals surface area contributed by atoms with Gasteiger partial charge in [-0.15, -0.1) is 0 Å². The van der Waals surface area contributed by atoms with Gasteiger partial charge in [-0.05, 0) is 0 Å². The highest BCUT2D eigenvalue weighted by atomic mass is 16.4. The smallest absolute Gasteiger partial charge is 0.306 e. The lowest BCUT2D eigenvalue weighted by Crippen LogP contribution is -2.29. The number of hydrogen-bond donors (Lipinski definition) is 4. The summed E-state index contributed by atoms with van der Waals surface area (Å²) in [4.78, 5) is 37.6. The van der Waals surface area contributed by atoms with Crippen LogP contribution in [0.15, 0.2) is 0 Å². The molecule has 0 aromatic carbocycles.